The second-order valence-corrected chi connectivity index (χ2v) is 5.36. The van der Waals surface area contributed by atoms with Gasteiger partial charge in [-0.3, -0.25) is 4.79 Å². The van der Waals surface area contributed by atoms with Gasteiger partial charge in [-0.15, -0.1) is 0 Å². The lowest BCUT2D eigenvalue weighted by molar-refractivity contribution is -0.121. The number of rotatable bonds is 5. The molecule has 0 rings (SSSR count). The highest BCUT2D eigenvalue weighted by Gasteiger charge is 2.25. The van der Waals surface area contributed by atoms with Crippen LogP contribution in [0.25, 0.3) is 0 Å². The van der Waals surface area contributed by atoms with Crippen LogP contribution in [-0.4, -0.2) is 37.1 Å². The van der Waals surface area contributed by atoms with Crippen LogP contribution in [0.1, 0.15) is 34.6 Å². The van der Waals surface area contributed by atoms with E-state index < -0.39 is 17.7 Å². The summed E-state index contributed by atoms with van der Waals surface area (Å²) in [5.74, 6) is -0.0169. The maximum absolute atomic E-state index is 11.8. The van der Waals surface area contributed by atoms with Gasteiger partial charge in [0.15, 0.2) is 5.78 Å². The highest BCUT2D eigenvalue weighted by molar-refractivity contribution is 5.89. The molecule has 1 amide bonds. The zero-order chi connectivity index (χ0) is 13.6. The van der Waals surface area contributed by atoms with Crippen molar-refractivity contribution in [1.82, 2.24) is 10.6 Å². The maximum Gasteiger partial charge on any atom is 0.408 e. The van der Waals surface area contributed by atoms with Gasteiger partial charge in [0.2, 0.25) is 0 Å². The van der Waals surface area contributed by atoms with Crippen LogP contribution in [0.3, 0.4) is 0 Å². The summed E-state index contributed by atoms with van der Waals surface area (Å²) in [5, 5.41) is 5.39. The minimum atomic E-state index is -0.558. The van der Waals surface area contributed by atoms with Crippen LogP contribution in [0.2, 0.25) is 0 Å². The Kier molecular flexibility index (Phi) is 6.16. The lowest BCUT2D eigenvalue weighted by Gasteiger charge is -2.24. The van der Waals surface area contributed by atoms with Crippen molar-refractivity contribution in [1.29, 1.82) is 0 Å². The summed E-state index contributed by atoms with van der Waals surface area (Å²) in [6, 6.07) is -0.516. The molecule has 0 saturated heterocycles. The van der Waals surface area contributed by atoms with Crippen molar-refractivity contribution in [2.24, 2.45) is 5.92 Å². The Morgan fingerprint density at radius 1 is 1.24 bits per heavy atom. The van der Waals surface area contributed by atoms with E-state index in [4.69, 9.17) is 4.74 Å². The Labute approximate surface area is 103 Å². The van der Waals surface area contributed by atoms with Gasteiger partial charge >= 0.3 is 6.09 Å². The molecule has 5 heteroatoms. The van der Waals surface area contributed by atoms with E-state index >= 15 is 0 Å². The van der Waals surface area contributed by atoms with E-state index in [1.165, 1.54) is 0 Å². The van der Waals surface area contributed by atoms with Crippen LogP contribution in [0.5, 0.6) is 0 Å². The number of hydrogen-bond acceptors (Lipinski definition) is 4. The number of amides is 1. The number of ether oxygens (including phenoxy) is 1. The Hall–Kier alpha value is -1.10. The van der Waals surface area contributed by atoms with Crippen molar-refractivity contribution in [2.45, 2.75) is 46.3 Å². The summed E-state index contributed by atoms with van der Waals surface area (Å²) >= 11 is 0. The van der Waals surface area contributed by atoms with Gasteiger partial charge in [0, 0.05) is 0 Å². The molecule has 0 aliphatic rings. The van der Waals surface area contributed by atoms with E-state index in [1.807, 2.05) is 13.8 Å². The first-order valence-electron chi connectivity index (χ1n) is 5.84. The van der Waals surface area contributed by atoms with Gasteiger partial charge in [-0.1, -0.05) is 13.8 Å². The lowest BCUT2D eigenvalue weighted by Crippen LogP contribution is -2.48. The van der Waals surface area contributed by atoms with Crippen molar-refractivity contribution >= 4 is 11.9 Å². The zero-order valence-corrected chi connectivity index (χ0v) is 11.6. The van der Waals surface area contributed by atoms with Crippen molar-refractivity contribution in [3.63, 3.8) is 0 Å². The van der Waals surface area contributed by atoms with Gasteiger partial charge in [-0.2, -0.15) is 0 Å². The minimum Gasteiger partial charge on any atom is -0.444 e. The molecule has 5 nitrogen and oxygen atoms in total. The first kappa shape index (κ1) is 15.9. The van der Waals surface area contributed by atoms with E-state index in [1.54, 1.807) is 27.8 Å². The number of ketones is 1. The average Bonchev–Trinajstić information content (AvgIpc) is 2.11. The summed E-state index contributed by atoms with van der Waals surface area (Å²) in [4.78, 5) is 23.3. The minimum absolute atomic E-state index is 0.0309. The van der Waals surface area contributed by atoms with E-state index in [-0.39, 0.29) is 18.2 Å². The first-order chi connectivity index (χ1) is 7.67. The number of Topliss-reactive ketones (excluding diaryl/α,β-unsaturated/α-hetero) is 1. The molecular weight excluding hydrogens is 220 g/mol. The Morgan fingerprint density at radius 2 is 1.76 bits per heavy atom. The molecule has 0 bridgehead atoms. The topological polar surface area (TPSA) is 67.4 Å². The Morgan fingerprint density at radius 3 is 2.12 bits per heavy atom. The van der Waals surface area contributed by atoms with Gasteiger partial charge in [0.05, 0.1) is 12.6 Å². The summed E-state index contributed by atoms with van der Waals surface area (Å²) in [7, 11) is 1.70. The molecule has 2 N–H and O–H groups in total. The van der Waals surface area contributed by atoms with Crippen LogP contribution >= 0.6 is 0 Å². The third-order valence-electron chi connectivity index (χ3n) is 2.04. The molecule has 1 atom stereocenters. The number of likely N-dealkylation sites (N-methyl/N-ethyl adjacent to an activating group) is 1. The van der Waals surface area contributed by atoms with Gasteiger partial charge in [-0.05, 0) is 33.7 Å². The quantitative estimate of drug-likeness (QED) is 0.765. The Bertz CT molecular complexity index is 269. The van der Waals surface area contributed by atoms with Crippen LogP contribution < -0.4 is 10.6 Å². The summed E-state index contributed by atoms with van der Waals surface area (Å²) in [6.45, 7) is 9.36. The first-order valence-corrected chi connectivity index (χ1v) is 5.84. The molecule has 17 heavy (non-hydrogen) atoms. The Balaban J connectivity index is 4.46. The second-order valence-electron chi connectivity index (χ2n) is 5.36. The van der Waals surface area contributed by atoms with Gasteiger partial charge < -0.3 is 15.4 Å². The number of nitrogens with one attached hydrogen (secondary N) is 2. The van der Waals surface area contributed by atoms with E-state index in [0.717, 1.165) is 0 Å². The smallest absolute Gasteiger partial charge is 0.408 e. The van der Waals surface area contributed by atoms with Crippen LogP contribution in [0, 0.1) is 5.92 Å². The van der Waals surface area contributed by atoms with Crippen LogP contribution in [0.4, 0.5) is 4.79 Å². The molecule has 1 unspecified atom stereocenters. The molecule has 0 aromatic heterocycles. The van der Waals surface area contributed by atoms with Gasteiger partial charge in [0.1, 0.15) is 5.60 Å². The standard InChI is InChI=1S/C12H24N2O3/c1-8(2)10(9(15)7-13-6)14-11(16)17-12(3,4)5/h8,10,13H,7H2,1-6H3,(H,14,16). The van der Waals surface area contributed by atoms with E-state index in [2.05, 4.69) is 10.6 Å². The molecule has 0 aliphatic carbocycles. The third kappa shape index (κ3) is 6.94. The SMILES string of the molecule is CNCC(=O)C(NC(=O)OC(C)(C)C)C(C)C. The number of carbonyl (C=O) groups excluding carboxylic acids is 2. The average molecular weight is 244 g/mol. The van der Waals surface area contributed by atoms with E-state index in [9.17, 15) is 9.59 Å². The summed E-state index contributed by atoms with van der Waals surface area (Å²) < 4.78 is 5.12. The summed E-state index contributed by atoms with van der Waals surface area (Å²) in [6.07, 6.45) is -0.555. The number of alkyl carbamates (subject to hydrolysis) is 1. The number of hydrogen-bond donors (Lipinski definition) is 2. The van der Waals surface area contributed by atoms with Gasteiger partial charge in [0.25, 0.3) is 0 Å². The highest BCUT2D eigenvalue weighted by atomic mass is 16.6. The lowest BCUT2D eigenvalue weighted by atomic mass is 10.00. The fraction of sp³-hybridized carbons (Fsp3) is 0.833. The third-order valence-corrected chi connectivity index (χ3v) is 2.04. The molecule has 0 fully saturated rings. The molecule has 0 heterocycles. The molecule has 0 aromatic rings. The van der Waals surface area contributed by atoms with E-state index in [0.29, 0.717) is 0 Å². The normalized spacial score (nSPS) is 13.4. The van der Waals surface area contributed by atoms with Crippen molar-refractivity contribution in [3.05, 3.63) is 0 Å². The molecule has 100 valence electrons. The molecule has 0 saturated carbocycles. The monoisotopic (exact) mass is 244 g/mol. The fourth-order valence-corrected chi connectivity index (χ4v) is 1.34. The maximum atomic E-state index is 11.8. The fourth-order valence-electron chi connectivity index (χ4n) is 1.34. The molecule has 0 spiro atoms. The number of carbonyl (C=O) groups is 2. The molecule has 0 aliphatic heterocycles. The molecule has 0 aromatic carbocycles. The van der Waals surface area contributed by atoms with Crippen LogP contribution in [-0.2, 0) is 9.53 Å². The van der Waals surface area contributed by atoms with Crippen molar-refractivity contribution < 1.29 is 14.3 Å². The predicted octanol–water partition coefficient (Wildman–Crippen LogP) is 1.32. The van der Waals surface area contributed by atoms with Crippen LogP contribution in [0.15, 0.2) is 0 Å². The molecular formula is C12H24N2O3. The second kappa shape index (κ2) is 6.59. The van der Waals surface area contributed by atoms with Gasteiger partial charge in [-0.25, -0.2) is 4.79 Å². The predicted molar refractivity (Wildman–Crippen MR) is 66.9 cm³/mol. The van der Waals surface area contributed by atoms with Crippen molar-refractivity contribution in [2.75, 3.05) is 13.6 Å². The summed E-state index contributed by atoms with van der Waals surface area (Å²) in [5.41, 5.74) is -0.558. The zero-order valence-electron chi connectivity index (χ0n) is 11.6. The highest BCUT2D eigenvalue weighted by Crippen LogP contribution is 2.09. The largest absolute Gasteiger partial charge is 0.444 e. The van der Waals surface area contributed by atoms with Crippen molar-refractivity contribution in [3.8, 4) is 0 Å². The molecule has 0 radical (unpaired) electrons.